The largest absolute Gasteiger partial charge is 0.462 e. The van der Waals surface area contributed by atoms with Gasteiger partial charge in [0, 0.05) is 19.6 Å². The summed E-state index contributed by atoms with van der Waals surface area (Å²) < 4.78 is 5.63. The Labute approximate surface area is 104 Å². The zero-order valence-electron chi connectivity index (χ0n) is 11.4. The van der Waals surface area contributed by atoms with Gasteiger partial charge in [-0.1, -0.05) is 13.8 Å². The van der Waals surface area contributed by atoms with Gasteiger partial charge in [-0.25, -0.2) is 0 Å². The van der Waals surface area contributed by atoms with Crippen molar-refractivity contribution in [2.24, 2.45) is 11.1 Å². The molecule has 0 radical (unpaired) electrons. The molecule has 1 aliphatic rings. The van der Waals surface area contributed by atoms with E-state index in [1.54, 1.807) is 0 Å². The highest BCUT2D eigenvalue weighted by atomic mass is 16.5. The standard InChI is InChI=1S/C13H26N2O2/c1-4-13(5-2,10-14)12(16)17-11-6-8-15(3)9-7-11/h11H,4-10,14H2,1-3H3. The summed E-state index contributed by atoms with van der Waals surface area (Å²) in [5, 5.41) is 0. The summed E-state index contributed by atoms with van der Waals surface area (Å²) in [6.07, 6.45) is 3.48. The Bertz CT molecular complexity index is 236. The van der Waals surface area contributed by atoms with Crippen LogP contribution >= 0.6 is 0 Å². The predicted molar refractivity (Wildman–Crippen MR) is 68.7 cm³/mol. The summed E-state index contributed by atoms with van der Waals surface area (Å²) in [5.41, 5.74) is 5.28. The van der Waals surface area contributed by atoms with Crippen molar-refractivity contribution in [3.8, 4) is 0 Å². The Balaban J connectivity index is 2.52. The van der Waals surface area contributed by atoms with Crippen LogP contribution < -0.4 is 5.73 Å². The zero-order chi connectivity index (χ0) is 12.9. The molecule has 17 heavy (non-hydrogen) atoms. The van der Waals surface area contributed by atoms with E-state index in [0.717, 1.165) is 38.8 Å². The molecule has 100 valence electrons. The van der Waals surface area contributed by atoms with E-state index in [4.69, 9.17) is 10.5 Å². The number of ether oxygens (including phenoxy) is 1. The molecule has 1 heterocycles. The Kier molecular flexibility index (Phi) is 5.40. The van der Waals surface area contributed by atoms with Gasteiger partial charge < -0.3 is 15.4 Å². The molecule has 0 saturated carbocycles. The molecular weight excluding hydrogens is 216 g/mol. The van der Waals surface area contributed by atoms with E-state index in [1.807, 2.05) is 13.8 Å². The maximum atomic E-state index is 12.2. The van der Waals surface area contributed by atoms with Crippen LogP contribution in [-0.2, 0) is 9.53 Å². The number of nitrogens with two attached hydrogens (primary N) is 1. The van der Waals surface area contributed by atoms with Crippen molar-refractivity contribution in [2.45, 2.75) is 45.6 Å². The summed E-state index contributed by atoms with van der Waals surface area (Å²) in [6, 6.07) is 0. The van der Waals surface area contributed by atoms with Crippen LogP contribution in [0.25, 0.3) is 0 Å². The average molecular weight is 242 g/mol. The molecule has 1 rings (SSSR count). The van der Waals surface area contributed by atoms with Gasteiger partial charge in [-0.15, -0.1) is 0 Å². The third-order valence-corrected chi connectivity index (χ3v) is 4.12. The van der Waals surface area contributed by atoms with Crippen molar-refractivity contribution in [1.82, 2.24) is 4.90 Å². The first-order valence-corrected chi connectivity index (χ1v) is 6.67. The molecule has 0 bridgehead atoms. The number of hydrogen-bond acceptors (Lipinski definition) is 4. The third-order valence-electron chi connectivity index (χ3n) is 4.12. The van der Waals surface area contributed by atoms with Crippen molar-refractivity contribution in [1.29, 1.82) is 0 Å². The number of piperidine rings is 1. The van der Waals surface area contributed by atoms with E-state index in [0.29, 0.717) is 6.54 Å². The monoisotopic (exact) mass is 242 g/mol. The third kappa shape index (κ3) is 3.42. The second kappa shape index (κ2) is 6.36. The number of rotatable bonds is 5. The van der Waals surface area contributed by atoms with Gasteiger partial charge in [0.15, 0.2) is 0 Å². The van der Waals surface area contributed by atoms with Crippen LogP contribution in [0.2, 0.25) is 0 Å². The van der Waals surface area contributed by atoms with Crippen LogP contribution in [0.4, 0.5) is 0 Å². The van der Waals surface area contributed by atoms with Crippen LogP contribution in [0.5, 0.6) is 0 Å². The van der Waals surface area contributed by atoms with Gasteiger partial charge in [0.05, 0.1) is 5.41 Å². The molecule has 0 aliphatic carbocycles. The Morgan fingerprint density at radius 2 is 1.88 bits per heavy atom. The summed E-state index contributed by atoms with van der Waals surface area (Å²) in [5.74, 6) is -0.0976. The van der Waals surface area contributed by atoms with E-state index in [1.165, 1.54) is 0 Å². The number of esters is 1. The number of nitrogens with zero attached hydrogens (tertiary/aromatic N) is 1. The van der Waals surface area contributed by atoms with Gasteiger partial charge in [0.1, 0.15) is 6.10 Å². The highest BCUT2D eigenvalue weighted by molar-refractivity contribution is 5.77. The molecule has 0 unspecified atom stereocenters. The molecule has 4 heteroatoms. The first kappa shape index (κ1) is 14.5. The molecule has 0 amide bonds. The Morgan fingerprint density at radius 3 is 2.29 bits per heavy atom. The molecule has 0 aromatic rings. The number of carbonyl (C=O) groups excluding carboxylic acids is 1. The van der Waals surface area contributed by atoms with Crippen LogP contribution in [-0.4, -0.2) is 43.7 Å². The fourth-order valence-electron chi connectivity index (χ4n) is 2.29. The maximum absolute atomic E-state index is 12.2. The van der Waals surface area contributed by atoms with Crippen molar-refractivity contribution in [2.75, 3.05) is 26.7 Å². The summed E-state index contributed by atoms with van der Waals surface area (Å²) in [4.78, 5) is 14.5. The fraction of sp³-hybridized carbons (Fsp3) is 0.923. The van der Waals surface area contributed by atoms with Gasteiger partial charge in [-0.05, 0) is 32.7 Å². The summed E-state index contributed by atoms with van der Waals surface area (Å²) in [7, 11) is 2.10. The molecular formula is C13H26N2O2. The minimum absolute atomic E-state index is 0.0859. The van der Waals surface area contributed by atoms with E-state index >= 15 is 0 Å². The van der Waals surface area contributed by atoms with Crippen molar-refractivity contribution in [3.05, 3.63) is 0 Å². The summed E-state index contributed by atoms with van der Waals surface area (Å²) in [6.45, 7) is 6.40. The van der Waals surface area contributed by atoms with E-state index < -0.39 is 5.41 Å². The van der Waals surface area contributed by atoms with Crippen LogP contribution in [0.3, 0.4) is 0 Å². The fourth-order valence-corrected chi connectivity index (χ4v) is 2.29. The summed E-state index contributed by atoms with van der Waals surface area (Å²) >= 11 is 0. The van der Waals surface area contributed by atoms with E-state index in [2.05, 4.69) is 11.9 Å². The first-order chi connectivity index (χ1) is 8.07. The van der Waals surface area contributed by atoms with Crippen molar-refractivity contribution < 1.29 is 9.53 Å². The molecule has 0 aromatic heterocycles. The Hall–Kier alpha value is -0.610. The number of likely N-dealkylation sites (tertiary alicyclic amines) is 1. The maximum Gasteiger partial charge on any atom is 0.313 e. The first-order valence-electron chi connectivity index (χ1n) is 6.67. The lowest BCUT2D eigenvalue weighted by atomic mass is 9.82. The number of carbonyl (C=O) groups is 1. The minimum atomic E-state index is -0.469. The van der Waals surface area contributed by atoms with Crippen molar-refractivity contribution >= 4 is 5.97 Å². The highest BCUT2D eigenvalue weighted by Gasteiger charge is 2.36. The zero-order valence-corrected chi connectivity index (χ0v) is 11.4. The second-order valence-electron chi connectivity index (χ2n) is 5.10. The molecule has 1 saturated heterocycles. The number of hydrogen-bond donors (Lipinski definition) is 1. The SMILES string of the molecule is CCC(CC)(CN)C(=O)OC1CCN(C)CC1. The van der Waals surface area contributed by atoms with Crippen LogP contribution in [0.15, 0.2) is 0 Å². The van der Waals surface area contributed by atoms with Gasteiger partial charge >= 0.3 is 5.97 Å². The molecule has 4 nitrogen and oxygen atoms in total. The molecule has 1 aliphatic heterocycles. The molecule has 0 aromatic carbocycles. The van der Waals surface area contributed by atoms with Crippen LogP contribution in [0, 0.1) is 5.41 Å². The van der Waals surface area contributed by atoms with Crippen LogP contribution in [0.1, 0.15) is 39.5 Å². The lowest BCUT2D eigenvalue weighted by Gasteiger charge is -2.33. The van der Waals surface area contributed by atoms with E-state index in [-0.39, 0.29) is 12.1 Å². The molecule has 1 fully saturated rings. The van der Waals surface area contributed by atoms with Gasteiger partial charge in [0.2, 0.25) is 0 Å². The topological polar surface area (TPSA) is 55.6 Å². The van der Waals surface area contributed by atoms with E-state index in [9.17, 15) is 4.79 Å². The minimum Gasteiger partial charge on any atom is -0.462 e. The molecule has 0 atom stereocenters. The average Bonchev–Trinajstić information content (AvgIpc) is 2.35. The van der Waals surface area contributed by atoms with Crippen molar-refractivity contribution in [3.63, 3.8) is 0 Å². The molecule has 2 N–H and O–H groups in total. The van der Waals surface area contributed by atoms with Gasteiger partial charge in [-0.2, -0.15) is 0 Å². The Morgan fingerprint density at radius 1 is 1.35 bits per heavy atom. The highest BCUT2D eigenvalue weighted by Crippen LogP contribution is 2.28. The quantitative estimate of drug-likeness (QED) is 0.740. The van der Waals surface area contributed by atoms with Gasteiger partial charge in [-0.3, -0.25) is 4.79 Å². The lowest BCUT2D eigenvalue weighted by Crippen LogP contribution is -2.43. The molecule has 0 spiro atoms. The van der Waals surface area contributed by atoms with Gasteiger partial charge in [0.25, 0.3) is 0 Å². The predicted octanol–water partition coefficient (Wildman–Crippen LogP) is 1.39. The second-order valence-corrected chi connectivity index (χ2v) is 5.10. The normalized spacial score (nSPS) is 19.3. The smallest absolute Gasteiger partial charge is 0.313 e. The lowest BCUT2D eigenvalue weighted by molar-refractivity contribution is -0.163.